The van der Waals surface area contributed by atoms with Gasteiger partial charge < -0.3 is 10.5 Å². The molecule has 100 valence electrons. The van der Waals surface area contributed by atoms with E-state index in [0.29, 0.717) is 17.4 Å². The van der Waals surface area contributed by atoms with Gasteiger partial charge >= 0.3 is 5.97 Å². The van der Waals surface area contributed by atoms with Crippen LogP contribution < -0.4 is 5.73 Å². The van der Waals surface area contributed by atoms with Gasteiger partial charge in [-0.15, -0.1) is 0 Å². The van der Waals surface area contributed by atoms with Crippen molar-refractivity contribution in [1.29, 1.82) is 0 Å². The summed E-state index contributed by atoms with van der Waals surface area (Å²) >= 11 is 5.86. The molecule has 1 aromatic heterocycles. The first kappa shape index (κ1) is 13.4. The molecule has 0 unspecified atom stereocenters. The van der Waals surface area contributed by atoms with Gasteiger partial charge in [-0.05, 0) is 11.1 Å². The van der Waals surface area contributed by atoms with E-state index in [1.807, 2.05) is 24.3 Å². The zero-order valence-corrected chi connectivity index (χ0v) is 11.2. The zero-order chi connectivity index (χ0) is 13.8. The molecule has 0 radical (unpaired) electrons. The summed E-state index contributed by atoms with van der Waals surface area (Å²) in [4.78, 5) is 11.4. The van der Waals surface area contributed by atoms with Crippen LogP contribution in [0.15, 0.2) is 30.5 Å². The Bertz CT molecular complexity index is 576. The molecule has 0 saturated carbocycles. The smallest absolute Gasteiger partial charge is 0.309 e. The number of nitrogens with zero attached hydrogens (tertiary/aromatic N) is 2. The highest BCUT2D eigenvalue weighted by molar-refractivity contribution is 6.32. The maximum absolute atomic E-state index is 11.4. The highest BCUT2D eigenvalue weighted by Crippen LogP contribution is 2.18. The molecule has 5 nitrogen and oxygen atoms in total. The molecule has 0 amide bonds. The van der Waals surface area contributed by atoms with Crippen LogP contribution in [0.2, 0.25) is 5.02 Å². The van der Waals surface area contributed by atoms with E-state index in [2.05, 4.69) is 9.84 Å². The van der Waals surface area contributed by atoms with Gasteiger partial charge in [-0.1, -0.05) is 35.9 Å². The molecule has 0 aliphatic heterocycles. The third-order valence-corrected chi connectivity index (χ3v) is 3.05. The van der Waals surface area contributed by atoms with Gasteiger partial charge in [-0.3, -0.25) is 9.48 Å². The third-order valence-electron chi connectivity index (χ3n) is 2.76. The fourth-order valence-electron chi connectivity index (χ4n) is 1.78. The predicted molar refractivity (Wildman–Crippen MR) is 72.9 cm³/mol. The van der Waals surface area contributed by atoms with Crippen molar-refractivity contribution < 1.29 is 9.53 Å². The van der Waals surface area contributed by atoms with Crippen LogP contribution in [-0.2, 0) is 22.5 Å². The lowest BCUT2D eigenvalue weighted by atomic mass is 10.0. The van der Waals surface area contributed by atoms with Crippen LogP contribution in [0, 0.1) is 0 Å². The number of hydrogen-bond acceptors (Lipinski definition) is 4. The lowest BCUT2D eigenvalue weighted by molar-refractivity contribution is -0.139. The molecule has 2 rings (SSSR count). The molecule has 1 heterocycles. The maximum Gasteiger partial charge on any atom is 0.309 e. The van der Waals surface area contributed by atoms with Gasteiger partial charge in [0.05, 0.1) is 20.1 Å². The number of carbonyl (C=O) groups is 1. The average molecular weight is 280 g/mol. The van der Waals surface area contributed by atoms with Crippen LogP contribution in [-0.4, -0.2) is 22.9 Å². The fourth-order valence-corrected chi connectivity index (χ4v) is 1.93. The summed E-state index contributed by atoms with van der Waals surface area (Å²) in [7, 11) is 1.37. The summed E-state index contributed by atoms with van der Waals surface area (Å²) in [6.07, 6.45) is 1.89. The van der Waals surface area contributed by atoms with E-state index in [-0.39, 0.29) is 12.4 Å². The molecule has 0 aliphatic rings. The normalized spacial score (nSPS) is 10.4. The molecule has 2 aromatic rings. The van der Waals surface area contributed by atoms with Crippen molar-refractivity contribution in [3.05, 3.63) is 46.6 Å². The minimum absolute atomic E-state index is 0.233. The van der Waals surface area contributed by atoms with Crippen LogP contribution in [0.5, 0.6) is 0 Å². The van der Waals surface area contributed by atoms with Gasteiger partial charge in [-0.2, -0.15) is 5.10 Å². The summed E-state index contributed by atoms with van der Waals surface area (Å²) in [5, 5.41) is 4.51. The third kappa shape index (κ3) is 3.26. The van der Waals surface area contributed by atoms with Crippen molar-refractivity contribution in [2.24, 2.45) is 0 Å². The van der Waals surface area contributed by atoms with Crippen LogP contribution >= 0.6 is 11.6 Å². The van der Waals surface area contributed by atoms with Crippen LogP contribution in [0.3, 0.4) is 0 Å². The number of nitrogen functional groups attached to an aromatic ring is 1. The number of methoxy groups -OCH3 is 1. The molecule has 0 atom stereocenters. The lowest BCUT2D eigenvalue weighted by Gasteiger charge is -2.08. The summed E-state index contributed by atoms with van der Waals surface area (Å²) in [6.45, 7) is 0.504. The molecule has 0 spiro atoms. The number of hydrogen-bond donors (Lipinski definition) is 1. The van der Waals surface area contributed by atoms with E-state index in [0.717, 1.165) is 11.1 Å². The quantitative estimate of drug-likeness (QED) is 0.868. The monoisotopic (exact) mass is 279 g/mol. The molecule has 0 fully saturated rings. The van der Waals surface area contributed by atoms with Gasteiger partial charge in [0, 0.05) is 6.20 Å². The molecule has 0 saturated heterocycles. The number of carbonyl (C=O) groups excluding carboxylic acids is 1. The fraction of sp³-hybridized carbons (Fsp3) is 0.231. The highest BCUT2D eigenvalue weighted by Gasteiger charge is 2.09. The first-order valence-electron chi connectivity index (χ1n) is 5.72. The van der Waals surface area contributed by atoms with E-state index < -0.39 is 0 Å². The summed E-state index contributed by atoms with van der Waals surface area (Å²) in [5.74, 6) is 0.0255. The minimum atomic E-state index is -0.273. The van der Waals surface area contributed by atoms with Crippen molar-refractivity contribution in [1.82, 2.24) is 9.78 Å². The summed E-state index contributed by atoms with van der Waals surface area (Å²) in [5.41, 5.74) is 7.48. The molecule has 1 aromatic carbocycles. The lowest BCUT2D eigenvalue weighted by Crippen LogP contribution is -2.09. The van der Waals surface area contributed by atoms with Crippen LogP contribution in [0.4, 0.5) is 5.82 Å². The number of ether oxygens (including phenoxy) is 1. The van der Waals surface area contributed by atoms with Gasteiger partial charge in [0.15, 0.2) is 5.82 Å². The van der Waals surface area contributed by atoms with Crippen molar-refractivity contribution in [2.45, 2.75) is 13.0 Å². The topological polar surface area (TPSA) is 70.1 Å². The van der Waals surface area contributed by atoms with Gasteiger partial charge in [0.25, 0.3) is 0 Å². The first-order chi connectivity index (χ1) is 9.10. The van der Waals surface area contributed by atoms with Crippen molar-refractivity contribution >= 4 is 23.4 Å². The van der Waals surface area contributed by atoms with Crippen LogP contribution in [0.25, 0.3) is 0 Å². The number of benzene rings is 1. The van der Waals surface area contributed by atoms with Gasteiger partial charge in [-0.25, -0.2) is 0 Å². The molecule has 0 bridgehead atoms. The molecular formula is C13H14ClN3O2. The molecule has 2 N–H and O–H groups in total. The Kier molecular flexibility index (Phi) is 4.06. The SMILES string of the molecule is COC(=O)Cc1ccccc1Cn1cc(Cl)c(N)n1. The summed E-state index contributed by atoms with van der Waals surface area (Å²) < 4.78 is 6.33. The predicted octanol–water partition coefficient (Wildman–Crippen LogP) is 1.88. The van der Waals surface area contributed by atoms with E-state index in [1.54, 1.807) is 10.9 Å². The largest absolute Gasteiger partial charge is 0.469 e. The van der Waals surface area contributed by atoms with Gasteiger partial charge in [0.1, 0.15) is 5.02 Å². The van der Waals surface area contributed by atoms with E-state index in [4.69, 9.17) is 17.3 Å². The second-order valence-electron chi connectivity index (χ2n) is 4.08. The minimum Gasteiger partial charge on any atom is -0.469 e. The first-order valence-corrected chi connectivity index (χ1v) is 6.10. The Balaban J connectivity index is 2.22. The van der Waals surface area contributed by atoms with E-state index in [1.165, 1.54) is 7.11 Å². The Morgan fingerprint density at radius 3 is 2.68 bits per heavy atom. The van der Waals surface area contributed by atoms with Crippen molar-refractivity contribution in [3.63, 3.8) is 0 Å². The highest BCUT2D eigenvalue weighted by atomic mass is 35.5. The van der Waals surface area contributed by atoms with Crippen molar-refractivity contribution in [2.75, 3.05) is 12.8 Å². The second-order valence-corrected chi connectivity index (χ2v) is 4.49. The number of halogens is 1. The molecule has 0 aliphatic carbocycles. The van der Waals surface area contributed by atoms with Crippen LogP contribution in [0.1, 0.15) is 11.1 Å². The van der Waals surface area contributed by atoms with E-state index in [9.17, 15) is 4.79 Å². The number of aromatic nitrogens is 2. The average Bonchev–Trinajstić information content (AvgIpc) is 2.70. The van der Waals surface area contributed by atoms with Crippen molar-refractivity contribution in [3.8, 4) is 0 Å². The number of rotatable bonds is 4. The molecular weight excluding hydrogens is 266 g/mol. The standard InChI is InChI=1S/C13H14ClN3O2/c1-19-12(18)6-9-4-2-3-5-10(9)7-17-8-11(14)13(15)16-17/h2-5,8H,6-7H2,1H3,(H2,15,16). The Morgan fingerprint density at radius 1 is 1.42 bits per heavy atom. The number of esters is 1. The Morgan fingerprint density at radius 2 is 2.11 bits per heavy atom. The number of anilines is 1. The summed E-state index contributed by atoms with van der Waals surface area (Å²) in [6, 6.07) is 7.61. The second kappa shape index (κ2) is 5.75. The molecule has 6 heteroatoms. The maximum atomic E-state index is 11.4. The zero-order valence-electron chi connectivity index (χ0n) is 10.5. The number of nitrogens with two attached hydrogens (primary N) is 1. The Hall–Kier alpha value is -2.01. The van der Waals surface area contributed by atoms with Gasteiger partial charge in [0.2, 0.25) is 0 Å². The molecule has 19 heavy (non-hydrogen) atoms. The van der Waals surface area contributed by atoms with E-state index >= 15 is 0 Å². The Labute approximate surface area is 115 Å².